The lowest BCUT2D eigenvalue weighted by Gasteiger charge is -2.20. The first kappa shape index (κ1) is 12.7. The van der Waals surface area contributed by atoms with Crippen molar-refractivity contribution in [1.82, 2.24) is 5.43 Å². The van der Waals surface area contributed by atoms with E-state index in [-0.39, 0.29) is 11.9 Å². The molecule has 0 heterocycles. The molecule has 3 heteroatoms. The largest absolute Gasteiger partial charge is 0.271 e. The van der Waals surface area contributed by atoms with Crippen molar-refractivity contribution in [3.8, 4) is 0 Å². The molecular weight excluding hydrogens is 227 g/mol. The van der Waals surface area contributed by atoms with E-state index in [0.717, 1.165) is 16.7 Å². The van der Waals surface area contributed by atoms with Crippen molar-refractivity contribution in [2.24, 2.45) is 5.84 Å². The number of rotatable bonds is 3. The van der Waals surface area contributed by atoms with E-state index < -0.39 is 0 Å². The molecule has 0 fully saturated rings. The molecule has 2 aromatic carbocycles. The maximum atomic E-state index is 13.9. The Morgan fingerprint density at radius 1 is 1.06 bits per heavy atom. The molecule has 0 amide bonds. The van der Waals surface area contributed by atoms with Gasteiger partial charge in [0.15, 0.2) is 0 Å². The number of hydrogen-bond donors (Lipinski definition) is 2. The van der Waals surface area contributed by atoms with Crippen LogP contribution in [0.3, 0.4) is 0 Å². The summed E-state index contributed by atoms with van der Waals surface area (Å²) in [7, 11) is 0. The van der Waals surface area contributed by atoms with Crippen LogP contribution in [0.25, 0.3) is 0 Å². The average Bonchev–Trinajstić information content (AvgIpc) is 2.36. The van der Waals surface area contributed by atoms with E-state index in [0.29, 0.717) is 5.56 Å². The van der Waals surface area contributed by atoms with Gasteiger partial charge in [-0.2, -0.15) is 0 Å². The Bertz CT molecular complexity index is 552. The molecule has 0 saturated carbocycles. The number of halogens is 1. The fourth-order valence-electron chi connectivity index (χ4n) is 2.14. The summed E-state index contributed by atoms with van der Waals surface area (Å²) >= 11 is 0. The van der Waals surface area contributed by atoms with Gasteiger partial charge in [-0.3, -0.25) is 5.84 Å². The standard InChI is InChI=1S/C15H17FN2/c1-10-7-8-14(16)13(9-10)15(18-17)12-6-4-3-5-11(12)2/h3-9,15,18H,17H2,1-2H3. The topological polar surface area (TPSA) is 38.0 Å². The minimum atomic E-state index is -0.328. The normalized spacial score (nSPS) is 12.4. The molecule has 3 N–H and O–H groups in total. The van der Waals surface area contributed by atoms with Crippen molar-refractivity contribution in [3.63, 3.8) is 0 Å². The highest BCUT2D eigenvalue weighted by molar-refractivity contribution is 5.38. The summed E-state index contributed by atoms with van der Waals surface area (Å²) in [5, 5.41) is 0. The molecule has 94 valence electrons. The first-order valence-electron chi connectivity index (χ1n) is 5.91. The van der Waals surface area contributed by atoms with E-state index in [1.54, 1.807) is 6.07 Å². The van der Waals surface area contributed by atoms with Crippen molar-refractivity contribution in [2.75, 3.05) is 0 Å². The van der Waals surface area contributed by atoms with Gasteiger partial charge in [0.05, 0.1) is 6.04 Å². The zero-order chi connectivity index (χ0) is 13.1. The fraction of sp³-hybridized carbons (Fsp3) is 0.200. The third kappa shape index (κ3) is 2.42. The van der Waals surface area contributed by atoms with Crippen LogP contribution in [0, 0.1) is 19.7 Å². The molecule has 0 aromatic heterocycles. The van der Waals surface area contributed by atoms with Gasteiger partial charge < -0.3 is 0 Å². The quantitative estimate of drug-likeness (QED) is 0.643. The molecule has 1 atom stereocenters. The SMILES string of the molecule is Cc1ccc(F)c(C(NN)c2ccccc2C)c1. The van der Waals surface area contributed by atoms with Crippen LogP contribution in [-0.2, 0) is 0 Å². The number of benzene rings is 2. The van der Waals surface area contributed by atoms with E-state index in [1.165, 1.54) is 6.07 Å². The lowest BCUT2D eigenvalue weighted by atomic mass is 9.94. The number of aryl methyl sites for hydroxylation is 2. The molecular formula is C15H17FN2. The summed E-state index contributed by atoms with van der Waals surface area (Å²) < 4.78 is 13.9. The molecule has 18 heavy (non-hydrogen) atoms. The third-order valence-electron chi connectivity index (χ3n) is 3.13. The van der Waals surface area contributed by atoms with Gasteiger partial charge in [-0.25, -0.2) is 9.82 Å². The van der Waals surface area contributed by atoms with Crippen molar-refractivity contribution >= 4 is 0 Å². The maximum absolute atomic E-state index is 13.9. The van der Waals surface area contributed by atoms with Crippen LogP contribution in [0.5, 0.6) is 0 Å². The van der Waals surface area contributed by atoms with Crippen molar-refractivity contribution in [3.05, 3.63) is 70.5 Å². The molecule has 0 aliphatic rings. The van der Waals surface area contributed by atoms with E-state index in [1.807, 2.05) is 44.2 Å². The Kier molecular flexibility index (Phi) is 3.75. The van der Waals surface area contributed by atoms with Crippen LogP contribution >= 0.6 is 0 Å². The molecule has 2 nitrogen and oxygen atoms in total. The first-order chi connectivity index (χ1) is 8.63. The molecule has 0 spiro atoms. The predicted molar refractivity (Wildman–Crippen MR) is 71.5 cm³/mol. The molecule has 1 unspecified atom stereocenters. The number of hydrazine groups is 1. The Hall–Kier alpha value is -1.71. The number of nitrogens with two attached hydrogens (primary N) is 1. The molecule has 0 aliphatic heterocycles. The van der Waals surface area contributed by atoms with E-state index >= 15 is 0 Å². The monoisotopic (exact) mass is 244 g/mol. The molecule has 0 bridgehead atoms. The smallest absolute Gasteiger partial charge is 0.128 e. The van der Waals surface area contributed by atoms with Crippen LogP contribution in [-0.4, -0.2) is 0 Å². The Balaban J connectivity index is 2.52. The van der Waals surface area contributed by atoms with Crippen molar-refractivity contribution in [1.29, 1.82) is 0 Å². The first-order valence-corrected chi connectivity index (χ1v) is 5.91. The van der Waals surface area contributed by atoms with Crippen LogP contribution in [0.1, 0.15) is 28.3 Å². The third-order valence-corrected chi connectivity index (χ3v) is 3.13. The fourth-order valence-corrected chi connectivity index (χ4v) is 2.14. The van der Waals surface area contributed by atoms with Gasteiger partial charge in [-0.15, -0.1) is 0 Å². The summed E-state index contributed by atoms with van der Waals surface area (Å²) in [4.78, 5) is 0. The lowest BCUT2D eigenvalue weighted by Crippen LogP contribution is -2.30. The lowest BCUT2D eigenvalue weighted by molar-refractivity contribution is 0.558. The van der Waals surface area contributed by atoms with Gasteiger partial charge in [-0.1, -0.05) is 42.0 Å². The molecule has 0 aliphatic carbocycles. The number of hydrogen-bond acceptors (Lipinski definition) is 2. The highest BCUT2D eigenvalue weighted by Crippen LogP contribution is 2.26. The summed E-state index contributed by atoms with van der Waals surface area (Å²) in [6.07, 6.45) is 0. The van der Waals surface area contributed by atoms with Crippen LogP contribution < -0.4 is 11.3 Å². The summed E-state index contributed by atoms with van der Waals surface area (Å²) in [6, 6.07) is 12.6. The Labute approximate surface area is 107 Å². The molecule has 0 radical (unpaired) electrons. The van der Waals surface area contributed by atoms with Gasteiger partial charge >= 0.3 is 0 Å². The van der Waals surface area contributed by atoms with Gasteiger partial charge in [-0.05, 0) is 31.0 Å². The molecule has 0 saturated heterocycles. The second kappa shape index (κ2) is 5.29. The maximum Gasteiger partial charge on any atom is 0.128 e. The highest BCUT2D eigenvalue weighted by Gasteiger charge is 2.18. The summed E-state index contributed by atoms with van der Waals surface area (Å²) in [6.45, 7) is 3.93. The van der Waals surface area contributed by atoms with Crippen LogP contribution in [0.2, 0.25) is 0 Å². The van der Waals surface area contributed by atoms with Crippen molar-refractivity contribution in [2.45, 2.75) is 19.9 Å². The zero-order valence-electron chi connectivity index (χ0n) is 10.6. The average molecular weight is 244 g/mol. The Morgan fingerprint density at radius 3 is 2.44 bits per heavy atom. The van der Waals surface area contributed by atoms with Gasteiger partial charge in [0.1, 0.15) is 5.82 Å². The minimum Gasteiger partial charge on any atom is -0.271 e. The number of nitrogens with one attached hydrogen (secondary N) is 1. The van der Waals surface area contributed by atoms with Crippen molar-refractivity contribution < 1.29 is 4.39 Å². The van der Waals surface area contributed by atoms with E-state index in [9.17, 15) is 4.39 Å². The summed E-state index contributed by atoms with van der Waals surface area (Å²) in [5.41, 5.74) is 6.37. The van der Waals surface area contributed by atoms with Crippen LogP contribution in [0.15, 0.2) is 42.5 Å². The second-order valence-corrected chi connectivity index (χ2v) is 4.48. The van der Waals surface area contributed by atoms with Gasteiger partial charge in [0.2, 0.25) is 0 Å². The highest BCUT2D eigenvalue weighted by atomic mass is 19.1. The van der Waals surface area contributed by atoms with E-state index in [2.05, 4.69) is 5.43 Å². The van der Waals surface area contributed by atoms with Crippen LogP contribution in [0.4, 0.5) is 4.39 Å². The summed E-state index contributed by atoms with van der Waals surface area (Å²) in [5.74, 6) is 5.36. The molecule has 2 rings (SSSR count). The zero-order valence-corrected chi connectivity index (χ0v) is 10.6. The second-order valence-electron chi connectivity index (χ2n) is 4.48. The Morgan fingerprint density at radius 2 is 1.78 bits per heavy atom. The minimum absolute atomic E-state index is 0.244. The molecule has 2 aromatic rings. The van der Waals surface area contributed by atoms with Gasteiger partial charge in [0, 0.05) is 5.56 Å². The van der Waals surface area contributed by atoms with Gasteiger partial charge in [0.25, 0.3) is 0 Å². The van der Waals surface area contributed by atoms with E-state index in [4.69, 9.17) is 5.84 Å². The predicted octanol–water partition coefficient (Wildman–Crippen LogP) is 3.00.